The van der Waals surface area contributed by atoms with E-state index < -0.39 is 40.7 Å². The molecular weight excluding hydrogens is 408 g/mol. The zero-order valence-corrected chi connectivity index (χ0v) is 17.1. The Bertz CT molecular complexity index is 1050. The van der Waals surface area contributed by atoms with E-state index in [-0.39, 0.29) is 18.2 Å². The van der Waals surface area contributed by atoms with E-state index in [2.05, 4.69) is 10.3 Å². The van der Waals surface area contributed by atoms with Crippen molar-refractivity contribution in [1.29, 1.82) is 0 Å². The summed E-state index contributed by atoms with van der Waals surface area (Å²) in [4.78, 5) is 52.4. The van der Waals surface area contributed by atoms with Crippen LogP contribution in [0, 0.1) is 10.1 Å². The van der Waals surface area contributed by atoms with Crippen LogP contribution in [0.1, 0.15) is 31.1 Å². The number of fused-ring (bicyclic) bond motifs is 1. The Morgan fingerprint density at radius 1 is 1.23 bits per heavy atom. The highest BCUT2D eigenvalue weighted by Gasteiger charge is 2.45. The molecule has 11 heteroatoms. The van der Waals surface area contributed by atoms with Crippen LogP contribution in [0.3, 0.4) is 0 Å². The molecule has 2 amide bonds. The molecule has 1 N–H and O–H groups in total. The van der Waals surface area contributed by atoms with E-state index in [9.17, 15) is 24.5 Å². The normalized spacial score (nSPS) is 14.3. The van der Waals surface area contributed by atoms with Crippen molar-refractivity contribution in [2.75, 3.05) is 23.4 Å². The summed E-state index contributed by atoms with van der Waals surface area (Å²) in [5.74, 6) is -2.04. The Labute approximate surface area is 177 Å². The number of ether oxygens (including phenoxy) is 2. The lowest BCUT2D eigenvalue weighted by Gasteiger charge is -2.35. The van der Waals surface area contributed by atoms with Crippen molar-refractivity contribution in [2.24, 2.45) is 0 Å². The molecule has 0 atom stereocenters. The molecule has 11 nitrogen and oxygen atoms in total. The van der Waals surface area contributed by atoms with Crippen molar-refractivity contribution >= 4 is 35.1 Å². The lowest BCUT2D eigenvalue weighted by Crippen LogP contribution is -2.54. The molecule has 0 radical (unpaired) electrons. The van der Waals surface area contributed by atoms with Crippen molar-refractivity contribution in [3.8, 4) is 5.75 Å². The smallest absolute Gasteiger partial charge is 0.366 e. The van der Waals surface area contributed by atoms with Gasteiger partial charge < -0.3 is 24.9 Å². The Balaban J connectivity index is 1.80. The van der Waals surface area contributed by atoms with E-state index in [4.69, 9.17) is 9.47 Å². The number of hydrogen-bond acceptors (Lipinski definition) is 8. The van der Waals surface area contributed by atoms with Gasteiger partial charge in [0.15, 0.2) is 11.4 Å². The minimum Gasteiger partial charge on any atom is -0.472 e. The van der Waals surface area contributed by atoms with Gasteiger partial charge in [-0.3, -0.25) is 14.5 Å². The summed E-state index contributed by atoms with van der Waals surface area (Å²) in [6.07, 6.45) is 0. The summed E-state index contributed by atoms with van der Waals surface area (Å²) in [6, 6.07) is 8.54. The first-order chi connectivity index (χ1) is 14.6. The maximum Gasteiger partial charge on any atom is 0.366 e. The second kappa shape index (κ2) is 8.38. The Morgan fingerprint density at radius 2 is 1.90 bits per heavy atom. The summed E-state index contributed by atoms with van der Waals surface area (Å²) in [5.41, 5.74) is -0.563. The standard InChI is InChI=1S/C20H20N4O7/c1-4-30-18(26)12-5-7-13(8-6-12)21-16(25)11-23-17-14(31-20(2,3)19(23)27)9-10-15(22-17)24(28)29/h5-10H,4,11H2,1-3H3,(H,21,25). The molecule has 0 saturated carbocycles. The van der Waals surface area contributed by atoms with Crippen LogP contribution in [0.4, 0.5) is 17.3 Å². The van der Waals surface area contributed by atoms with Crippen LogP contribution in [-0.2, 0) is 14.3 Å². The number of carbonyl (C=O) groups excluding carboxylic acids is 3. The lowest BCUT2D eigenvalue weighted by atomic mass is 10.1. The van der Waals surface area contributed by atoms with E-state index in [0.717, 1.165) is 11.0 Å². The van der Waals surface area contributed by atoms with E-state index >= 15 is 0 Å². The van der Waals surface area contributed by atoms with Gasteiger partial charge in [-0.15, -0.1) is 0 Å². The largest absolute Gasteiger partial charge is 0.472 e. The summed E-state index contributed by atoms with van der Waals surface area (Å²) in [7, 11) is 0. The number of hydrogen-bond donors (Lipinski definition) is 1. The molecular formula is C20H20N4O7. The zero-order chi connectivity index (χ0) is 22.8. The monoisotopic (exact) mass is 428 g/mol. The SMILES string of the molecule is CCOC(=O)c1ccc(NC(=O)CN2C(=O)C(C)(C)Oc3ccc([N+](=O)[O-])nc32)cc1. The minimum absolute atomic E-state index is 0.105. The molecule has 3 rings (SSSR count). The van der Waals surface area contributed by atoms with Gasteiger partial charge >= 0.3 is 11.8 Å². The summed E-state index contributed by atoms with van der Waals surface area (Å²) in [5, 5.41) is 13.7. The third-order valence-corrected chi connectivity index (χ3v) is 4.37. The zero-order valence-electron chi connectivity index (χ0n) is 17.1. The Hall–Kier alpha value is -4.02. The number of pyridine rings is 1. The molecule has 1 aromatic carbocycles. The number of carbonyl (C=O) groups is 3. The van der Waals surface area contributed by atoms with Crippen LogP contribution in [0.2, 0.25) is 0 Å². The van der Waals surface area contributed by atoms with Crippen molar-refractivity contribution in [3.05, 3.63) is 52.1 Å². The molecule has 31 heavy (non-hydrogen) atoms. The van der Waals surface area contributed by atoms with Gasteiger partial charge in [0.1, 0.15) is 6.54 Å². The van der Waals surface area contributed by atoms with Crippen LogP contribution in [-0.4, -0.2) is 46.4 Å². The molecule has 0 unspecified atom stereocenters. The van der Waals surface area contributed by atoms with Gasteiger partial charge in [0.25, 0.3) is 11.7 Å². The van der Waals surface area contributed by atoms with Gasteiger partial charge in [-0.2, -0.15) is 0 Å². The fraction of sp³-hybridized carbons (Fsp3) is 0.300. The lowest BCUT2D eigenvalue weighted by molar-refractivity contribution is -0.389. The average Bonchev–Trinajstić information content (AvgIpc) is 2.71. The predicted molar refractivity (Wildman–Crippen MR) is 109 cm³/mol. The van der Waals surface area contributed by atoms with Gasteiger partial charge in [0.2, 0.25) is 5.91 Å². The fourth-order valence-corrected chi connectivity index (χ4v) is 2.93. The second-order valence-corrected chi connectivity index (χ2v) is 7.10. The summed E-state index contributed by atoms with van der Waals surface area (Å²) < 4.78 is 10.5. The van der Waals surface area contributed by atoms with Crippen molar-refractivity contribution in [1.82, 2.24) is 4.98 Å². The maximum absolute atomic E-state index is 12.8. The number of amides is 2. The van der Waals surface area contributed by atoms with Gasteiger partial charge in [0, 0.05) is 11.8 Å². The molecule has 1 aliphatic heterocycles. The number of anilines is 2. The first-order valence-electron chi connectivity index (χ1n) is 9.36. The highest BCUT2D eigenvalue weighted by Crippen LogP contribution is 2.37. The Morgan fingerprint density at radius 3 is 2.52 bits per heavy atom. The van der Waals surface area contributed by atoms with Crippen molar-refractivity contribution in [3.63, 3.8) is 0 Å². The fourth-order valence-electron chi connectivity index (χ4n) is 2.93. The number of nitrogens with zero attached hydrogens (tertiary/aromatic N) is 3. The van der Waals surface area contributed by atoms with Gasteiger partial charge in [0.05, 0.1) is 12.2 Å². The summed E-state index contributed by atoms with van der Waals surface area (Å²) >= 11 is 0. The molecule has 2 aromatic rings. The quantitative estimate of drug-likeness (QED) is 0.420. The summed E-state index contributed by atoms with van der Waals surface area (Å²) in [6.45, 7) is 4.56. The molecule has 1 aromatic heterocycles. The molecule has 1 aliphatic rings. The number of aromatic nitrogens is 1. The first-order valence-corrected chi connectivity index (χ1v) is 9.36. The number of rotatable bonds is 6. The number of nitrogens with one attached hydrogen (secondary N) is 1. The van der Waals surface area contributed by atoms with Crippen LogP contribution in [0.5, 0.6) is 5.75 Å². The van der Waals surface area contributed by atoms with Crippen LogP contribution >= 0.6 is 0 Å². The van der Waals surface area contributed by atoms with Gasteiger partial charge in [-0.25, -0.2) is 4.79 Å². The molecule has 2 heterocycles. The second-order valence-electron chi connectivity index (χ2n) is 7.10. The maximum atomic E-state index is 12.8. The predicted octanol–water partition coefficient (Wildman–Crippen LogP) is 2.31. The average molecular weight is 428 g/mol. The molecule has 162 valence electrons. The first kappa shape index (κ1) is 21.7. The van der Waals surface area contributed by atoms with Crippen LogP contribution < -0.4 is 15.0 Å². The van der Waals surface area contributed by atoms with E-state index in [1.807, 2.05) is 0 Å². The highest BCUT2D eigenvalue weighted by molar-refractivity contribution is 6.07. The van der Waals surface area contributed by atoms with Crippen molar-refractivity contribution < 1.29 is 28.8 Å². The van der Waals surface area contributed by atoms with Crippen molar-refractivity contribution in [2.45, 2.75) is 26.4 Å². The van der Waals surface area contributed by atoms with Crippen LogP contribution in [0.15, 0.2) is 36.4 Å². The third-order valence-electron chi connectivity index (χ3n) is 4.37. The minimum atomic E-state index is -1.29. The molecule has 0 bridgehead atoms. The van der Waals surface area contributed by atoms with E-state index in [1.165, 1.54) is 44.2 Å². The molecule has 0 saturated heterocycles. The third kappa shape index (κ3) is 4.60. The topological polar surface area (TPSA) is 141 Å². The van der Waals surface area contributed by atoms with Gasteiger partial charge in [-0.1, -0.05) is 0 Å². The number of esters is 1. The highest BCUT2D eigenvalue weighted by atomic mass is 16.6. The molecule has 0 spiro atoms. The van der Waals surface area contributed by atoms with Gasteiger partial charge in [-0.05, 0) is 61.0 Å². The van der Waals surface area contributed by atoms with E-state index in [1.54, 1.807) is 6.92 Å². The molecule has 0 fully saturated rings. The van der Waals surface area contributed by atoms with E-state index in [0.29, 0.717) is 11.3 Å². The number of nitro groups is 1. The number of benzene rings is 1. The Kier molecular flexibility index (Phi) is 5.86. The molecule has 0 aliphatic carbocycles. The van der Waals surface area contributed by atoms with Crippen LogP contribution in [0.25, 0.3) is 0 Å².